The first kappa shape index (κ1) is 23.8. The molecule has 0 amide bonds. The molecule has 0 spiro atoms. The maximum absolute atomic E-state index is 14.5. The molecule has 37 heavy (non-hydrogen) atoms. The molecule has 1 N–H and O–H groups in total. The van der Waals surface area contributed by atoms with Gasteiger partial charge in [0.05, 0.1) is 28.1 Å². The highest BCUT2D eigenvalue weighted by Gasteiger charge is 2.65. The van der Waals surface area contributed by atoms with Crippen molar-refractivity contribution in [3.63, 3.8) is 0 Å². The molecule has 2 atom stereocenters. The number of sulfone groups is 1. The number of H-pyrrole nitrogens is 1. The van der Waals surface area contributed by atoms with Crippen LogP contribution in [0.15, 0.2) is 42.5 Å². The summed E-state index contributed by atoms with van der Waals surface area (Å²) in [5.74, 6) is -0.938. The number of rotatable bonds is 5. The second-order valence-electron chi connectivity index (χ2n) is 10.4. The Balaban J connectivity index is 1.45. The Bertz CT molecular complexity index is 1650. The van der Waals surface area contributed by atoms with Gasteiger partial charge in [0, 0.05) is 6.26 Å². The van der Waals surface area contributed by atoms with E-state index in [1.165, 1.54) is 18.2 Å². The van der Waals surface area contributed by atoms with Crippen molar-refractivity contribution in [2.75, 3.05) is 6.26 Å². The molecule has 8 nitrogen and oxygen atoms in total. The summed E-state index contributed by atoms with van der Waals surface area (Å²) in [5, 5.41) is 15.7. The monoisotopic (exact) mass is 522 g/mol. The zero-order chi connectivity index (χ0) is 26.2. The van der Waals surface area contributed by atoms with Gasteiger partial charge in [-0.2, -0.15) is 10.2 Å². The minimum absolute atomic E-state index is 0.113. The first-order chi connectivity index (χ1) is 17.5. The van der Waals surface area contributed by atoms with Gasteiger partial charge >= 0.3 is 0 Å². The normalized spacial score (nSPS) is 21.8. The van der Waals surface area contributed by atoms with Crippen molar-refractivity contribution < 1.29 is 17.2 Å². The lowest BCUT2D eigenvalue weighted by Crippen LogP contribution is -2.37. The van der Waals surface area contributed by atoms with Crippen molar-refractivity contribution in [1.29, 1.82) is 0 Å². The molecule has 190 valence electrons. The Kier molecular flexibility index (Phi) is 5.11. The van der Waals surface area contributed by atoms with Crippen molar-refractivity contribution in [2.24, 2.45) is 5.41 Å². The number of aromatic nitrogens is 6. The van der Waals surface area contributed by atoms with E-state index in [4.69, 9.17) is 4.98 Å². The summed E-state index contributed by atoms with van der Waals surface area (Å²) in [6, 6.07) is 11.1. The lowest BCUT2D eigenvalue weighted by Gasteiger charge is -2.37. The highest BCUT2D eigenvalue weighted by atomic mass is 32.2. The van der Waals surface area contributed by atoms with E-state index in [9.17, 15) is 17.2 Å². The van der Waals surface area contributed by atoms with Gasteiger partial charge in [-0.3, -0.25) is 5.10 Å². The topological polar surface area (TPSA) is 114 Å². The number of nitrogens with one attached hydrogen (secondary N) is 1. The van der Waals surface area contributed by atoms with Crippen LogP contribution in [0, 0.1) is 17.0 Å². The number of nitrogens with zero attached hydrogens (tertiary/aromatic N) is 5. The van der Waals surface area contributed by atoms with Crippen molar-refractivity contribution in [2.45, 2.75) is 43.8 Å². The summed E-state index contributed by atoms with van der Waals surface area (Å²) < 4.78 is 52.3. The van der Waals surface area contributed by atoms with Crippen molar-refractivity contribution >= 4 is 9.84 Å². The molecule has 2 aliphatic rings. The number of benzene rings is 1. The van der Waals surface area contributed by atoms with E-state index in [1.807, 2.05) is 12.1 Å². The summed E-state index contributed by atoms with van der Waals surface area (Å²) in [6.07, 6.45) is 2.80. The molecule has 0 saturated heterocycles. The van der Waals surface area contributed by atoms with Crippen LogP contribution in [0.2, 0.25) is 0 Å². The number of hydrogen-bond donors (Lipinski definition) is 1. The minimum atomic E-state index is -3.27. The molecule has 0 radical (unpaired) electrons. The number of aromatic amines is 1. The fourth-order valence-corrected chi connectivity index (χ4v) is 6.90. The zero-order valence-corrected chi connectivity index (χ0v) is 21.3. The fraction of sp³-hybridized carbons (Fsp3) is 0.346. The molecule has 11 heteroatoms. The minimum Gasteiger partial charge on any atom is -0.262 e. The zero-order valence-electron chi connectivity index (χ0n) is 20.5. The third-order valence-corrected chi connectivity index (χ3v) is 8.74. The summed E-state index contributed by atoms with van der Waals surface area (Å²) in [7, 11) is -3.27. The van der Waals surface area contributed by atoms with E-state index in [2.05, 4.69) is 39.2 Å². The molecule has 2 bridgehead atoms. The van der Waals surface area contributed by atoms with Gasteiger partial charge < -0.3 is 0 Å². The van der Waals surface area contributed by atoms with Crippen LogP contribution < -0.4 is 0 Å². The Hall–Kier alpha value is -3.60. The van der Waals surface area contributed by atoms with Gasteiger partial charge in [-0.1, -0.05) is 26.0 Å². The van der Waals surface area contributed by atoms with Crippen LogP contribution in [-0.4, -0.2) is 45.0 Å². The molecule has 1 fully saturated rings. The van der Waals surface area contributed by atoms with Gasteiger partial charge in [0.2, 0.25) is 0 Å². The molecular weight excluding hydrogens is 498 g/mol. The molecule has 3 heterocycles. The number of hydrogen-bond acceptors (Lipinski definition) is 7. The van der Waals surface area contributed by atoms with E-state index >= 15 is 0 Å². The van der Waals surface area contributed by atoms with Crippen molar-refractivity contribution in [1.82, 2.24) is 30.4 Å². The Labute approximate surface area is 212 Å². The summed E-state index contributed by atoms with van der Waals surface area (Å²) >= 11 is 0. The first-order valence-corrected chi connectivity index (χ1v) is 14.0. The van der Waals surface area contributed by atoms with Crippen LogP contribution in [0.5, 0.6) is 0 Å². The van der Waals surface area contributed by atoms with Crippen molar-refractivity contribution in [3.8, 4) is 22.8 Å². The van der Waals surface area contributed by atoms with Crippen molar-refractivity contribution in [3.05, 3.63) is 76.9 Å². The molecule has 2 aliphatic carbocycles. The molecule has 1 aromatic carbocycles. The highest BCUT2D eigenvalue weighted by Crippen LogP contribution is 2.69. The van der Waals surface area contributed by atoms with E-state index in [-0.39, 0.29) is 34.2 Å². The SMILES string of the molecule is CC1(C)[C@H]2CC[C@]1(c1cccc(-c3n[nH]c(CS(C)(=O)=O)n3)n1)c1nnc(-c3c(F)cccc3F)cc12. The van der Waals surface area contributed by atoms with Gasteiger partial charge in [-0.15, -0.1) is 5.10 Å². The molecule has 1 saturated carbocycles. The molecule has 4 aromatic rings. The Morgan fingerprint density at radius 3 is 2.49 bits per heavy atom. The second kappa shape index (κ2) is 7.95. The average Bonchev–Trinajstić information content (AvgIpc) is 3.45. The molecule has 3 aromatic heterocycles. The maximum Gasteiger partial charge on any atom is 0.199 e. The number of pyridine rings is 1. The van der Waals surface area contributed by atoms with Gasteiger partial charge in [0.15, 0.2) is 15.7 Å². The third kappa shape index (κ3) is 3.51. The van der Waals surface area contributed by atoms with Crippen LogP contribution in [0.1, 0.15) is 55.4 Å². The second-order valence-corrected chi connectivity index (χ2v) is 12.6. The number of halogens is 2. The molecule has 0 unspecified atom stereocenters. The molecule has 6 rings (SSSR count). The average molecular weight is 523 g/mol. The Morgan fingerprint density at radius 1 is 1.03 bits per heavy atom. The van der Waals surface area contributed by atoms with E-state index in [1.54, 1.807) is 12.1 Å². The Morgan fingerprint density at radius 2 is 1.76 bits per heavy atom. The van der Waals surface area contributed by atoms with Gasteiger partial charge in [-0.05, 0) is 60.1 Å². The van der Waals surface area contributed by atoms with Crippen LogP contribution in [0.25, 0.3) is 22.8 Å². The van der Waals surface area contributed by atoms with E-state index in [0.717, 1.165) is 36.0 Å². The largest absolute Gasteiger partial charge is 0.262 e. The van der Waals surface area contributed by atoms with Crippen LogP contribution >= 0.6 is 0 Å². The number of fused-ring (bicyclic) bond motifs is 5. The van der Waals surface area contributed by atoms with E-state index < -0.39 is 26.9 Å². The smallest absolute Gasteiger partial charge is 0.199 e. The third-order valence-electron chi connectivity index (χ3n) is 7.95. The van der Waals surface area contributed by atoms with Crippen LogP contribution in [0.3, 0.4) is 0 Å². The standard InChI is InChI=1S/C26H24F2N6O2S/c1-25(2)15-10-11-26(25,23-14(15)12-19(31-33-23)22-16(27)6-4-7-17(22)28)20-9-5-8-18(29-20)24-30-21(32-34-24)13-37(3,35)36/h4-9,12,15H,10-11,13H2,1-3H3,(H,30,32,34)/t15-,26-/m0/s1. The predicted molar refractivity (Wildman–Crippen MR) is 132 cm³/mol. The first-order valence-electron chi connectivity index (χ1n) is 11.9. The summed E-state index contributed by atoms with van der Waals surface area (Å²) in [4.78, 5) is 9.25. The van der Waals surface area contributed by atoms with Crippen LogP contribution in [-0.2, 0) is 21.0 Å². The predicted octanol–water partition coefficient (Wildman–Crippen LogP) is 4.35. The highest BCUT2D eigenvalue weighted by molar-refractivity contribution is 7.89. The van der Waals surface area contributed by atoms with Gasteiger partial charge in [0.25, 0.3) is 0 Å². The van der Waals surface area contributed by atoms with Gasteiger partial charge in [0.1, 0.15) is 28.9 Å². The molecule has 0 aliphatic heterocycles. The molecular formula is C26H24F2N6O2S. The van der Waals surface area contributed by atoms with Crippen LogP contribution in [0.4, 0.5) is 8.78 Å². The fourth-order valence-electron chi connectivity index (χ4n) is 6.28. The maximum atomic E-state index is 14.5. The summed E-state index contributed by atoms with van der Waals surface area (Å²) in [5.41, 5.74) is 2.14. The quantitative estimate of drug-likeness (QED) is 0.414. The van der Waals surface area contributed by atoms with Gasteiger partial charge in [-0.25, -0.2) is 27.2 Å². The lowest BCUT2D eigenvalue weighted by molar-refractivity contribution is 0.243. The van der Waals surface area contributed by atoms with E-state index in [0.29, 0.717) is 11.5 Å². The summed E-state index contributed by atoms with van der Waals surface area (Å²) in [6.45, 7) is 4.34. The lowest BCUT2D eigenvalue weighted by atomic mass is 9.66.